The molecule has 0 aromatic heterocycles. The van der Waals surface area contributed by atoms with Crippen molar-refractivity contribution >= 4 is 23.5 Å². The summed E-state index contributed by atoms with van der Waals surface area (Å²) in [6.45, 7) is 1.11. The molecule has 1 rings (SSSR count). The minimum absolute atomic E-state index is 0. The van der Waals surface area contributed by atoms with Gasteiger partial charge in [-0.2, -0.15) is 0 Å². The summed E-state index contributed by atoms with van der Waals surface area (Å²) < 4.78 is 11.4. The quantitative estimate of drug-likeness (QED) is 0.256. The van der Waals surface area contributed by atoms with Crippen LogP contribution in [0.2, 0.25) is 3.93 Å². The molecule has 0 heterocycles. The number of nitrogens with one attached hydrogen (secondary N) is 2. The van der Waals surface area contributed by atoms with Gasteiger partial charge in [-0.25, -0.2) is 0 Å². The van der Waals surface area contributed by atoms with E-state index in [0.717, 1.165) is 3.93 Å². The minimum atomic E-state index is -1.18. The maximum Gasteiger partial charge on any atom is -0.412 e. The summed E-state index contributed by atoms with van der Waals surface area (Å²) in [4.78, 5) is 34.3. The van der Waals surface area contributed by atoms with Gasteiger partial charge in [0.05, 0.1) is 0 Å². The zero-order valence-corrected chi connectivity index (χ0v) is 20.5. The van der Waals surface area contributed by atoms with Crippen LogP contribution in [0.15, 0.2) is 18.2 Å². The molecule has 0 saturated heterocycles. The number of benzene rings is 1. The Hall–Kier alpha value is -1.75. The predicted molar refractivity (Wildman–Crippen MR) is 91.5 cm³/mol. The molecule has 0 fully saturated rings. The molecule has 1 atom stereocenters. The average Bonchev–Trinajstić information content (AvgIpc) is 2.59. The van der Waals surface area contributed by atoms with Gasteiger partial charge in [0.15, 0.2) is 0 Å². The summed E-state index contributed by atoms with van der Waals surface area (Å²) in [7, 11) is 0. The third kappa shape index (κ3) is 9.66. The Bertz CT molecular complexity index is 641. The zero-order chi connectivity index (χ0) is 19.5. The van der Waals surface area contributed by atoms with Crippen molar-refractivity contribution in [2.75, 3.05) is 31.7 Å². The van der Waals surface area contributed by atoms with Crippen LogP contribution in [0.5, 0.6) is 5.75 Å². The van der Waals surface area contributed by atoms with Crippen LogP contribution in [0.25, 0.3) is 0 Å². The van der Waals surface area contributed by atoms with Gasteiger partial charge in [-0.1, -0.05) is 0 Å². The van der Waals surface area contributed by atoms with Gasteiger partial charge < -0.3 is 5.48 Å². The third-order valence-corrected chi connectivity index (χ3v) is 5.66. The van der Waals surface area contributed by atoms with E-state index in [4.69, 9.17) is 19.7 Å². The van der Waals surface area contributed by atoms with Crippen molar-refractivity contribution < 1.29 is 65.7 Å². The van der Waals surface area contributed by atoms with Crippen LogP contribution in [0.4, 0.5) is 5.69 Å². The van der Waals surface area contributed by atoms with Gasteiger partial charge >= 0.3 is 167 Å². The van der Waals surface area contributed by atoms with E-state index in [2.05, 4.69) is 10.6 Å². The number of carbonyl (C=O) groups is 3. The Balaban J connectivity index is 0.00000676. The largest absolute Gasteiger partial charge is 0.412 e. The van der Waals surface area contributed by atoms with E-state index >= 15 is 0 Å². The van der Waals surface area contributed by atoms with Crippen molar-refractivity contribution in [3.63, 3.8) is 0 Å². The molecule has 0 aliphatic heterocycles. The number of ether oxygens (including phenoxy) is 2. The van der Waals surface area contributed by atoms with Crippen LogP contribution in [-0.2, 0) is 40.4 Å². The van der Waals surface area contributed by atoms with Crippen molar-refractivity contribution in [2.45, 2.75) is 17.0 Å². The van der Waals surface area contributed by atoms with Crippen LogP contribution in [-0.4, -0.2) is 65.9 Å². The van der Waals surface area contributed by atoms with E-state index in [0.29, 0.717) is 31.8 Å². The van der Waals surface area contributed by atoms with Crippen molar-refractivity contribution in [2.24, 2.45) is 0 Å². The fraction of sp³-hybridized carbons (Fsp3) is 0.438. The van der Waals surface area contributed by atoms with E-state index < -0.39 is 18.5 Å². The first kappa shape index (κ1) is 25.2. The Morgan fingerprint density at radius 3 is 2.56 bits per heavy atom. The third-order valence-electron chi connectivity index (χ3n) is 3.15. The average molecular weight is 572 g/mol. The van der Waals surface area contributed by atoms with Gasteiger partial charge in [-0.3, -0.25) is 0 Å². The van der Waals surface area contributed by atoms with Crippen LogP contribution in [0.1, 0.15) is 17.3 Å². The molecule has 0 radical (unpaired) electrons. The van der Waals surface area contributed by atoms with Gasteiger partial charge in [0.2, 0.25) is 0 Å². The summed E-state index contributed by atoms with van der Waals surface area (Å²) in [5.41, 5.74) is 0.542. The molecule has 2 amide bonds. The number of aliphatic hydroxyl groups is 1. The Morgan fingerprint density at radius 1 is 1.30 bits per heavy atom. The molecule has 10 nitrogen and oxygen atoms in total. The molecule has 0 aliphatic rings. The second-order valence-corrected chi connectivity index (χ2v) is 7.53. The number of hydrogen-bond donors (Lipinski definition) is 4. The molecule has 147 valence electrons. The first-order valence-electron chi connectivity index (χ1n) is 7.93. The molecule has 11 heteroatoms. The number of rotatable bonds is 11. The van der Waals surface area contributed by atoms with Gasteiger partial charge in [0.25, 0.3) is 0 Å². The van der Waals surface area contributed by atoms with Crippen LogP contribution in [0.3, 0.4) is 0 Å². The second kappa shape index (κ2) is 13.4. The molecule has 0 aliphatic carbocycles. The molecular formula is C16H23HgN2O8. The summed E-state index contributed by atoms with van der Waals surface area (Å²) in [6.07, 6.45) is -0.170. The molecule has 6 N–H and O–H groups in total. The number of carbonyl (C=O) groups excluding carboxylic acids is 2. The van der Waals surface area contributed by atoms with Crippen LogP contribution in [0, 0.1) is 0 Å². The molecule has 27 heavy (non-hydrogen) atoms. The van der Waals surface area contributed by atoms with Gasteiger partial charge in [0, 0.05) is 0 Å². The fourth-order valence-electron chi connectivity index (χ4n) is 2.02. The number of carboxylic acid groups (broad SMARTS) is 1. The molecule has 0 saturated carbocycles. The van der Waals surface area contributed by atoms with E-state index in [-0.39, 0.29) is 48.6 Å². The van der Waals surface area contributed by atoms with Crippen molar-refractivity contribution in [3.05, 3.63) is 23.8 Å². The van der Waals surface area contributed by atoms with Crippen LogP contribution >= 0.6 is 0 Å². The number of amides is 2. The summed E-state index contributed by atoms with van der Waals surface area (Å²) in [6, 6.07) is 4.37. The number of carboxylic acids is 1. The second-order valence-electron chi connectivity index (χ2n) is 5.29. The summed E-state index contributed by atoms with van der Waals surface area (Å²) >= 11 is 0.471. The molecule has 0 bridgehead atoms. The Labute approximate surface area is 172 Å². The fourth-order valence-corrected chi connectivity index (χ4v) is 3.46. The minimum Gasteiger partial charge on any atom is -0.412 e. The normalized spacial score (nSPS) is 11.1. The number of anilines is 1. The first-order valence-corrected chi connectivity index (χ1v) is 11.8. The number of hydrogen-bond acceptors (Lipinski definition) is 6. The smallest absolute Gasteiger partial charge is 0.412 e. The first-order chi connectivity index (χ1) is 12.4. The van der Waals surface area contributed by atoms with Crippen molar-refractivity contribution in [1.82, 2.24) is 5.32 Å². The van der Waals surface area contributed by atoms with Gasteiger partial charge in [0.1, 0.15) is 0 Å². The standard InChI is InChI=1S/C16H21N2O7.Hg.H2O/c1-10(24-6-5-19)8-17-16(23)13-4-3-12(18-11(2)20)7-14(13)25-9-15(21)22;;/h3-4,7,10,19H,1,5-6,8-9H2,2H3,(H,17,23)(H,18,20)(H,21,22);;1H2. The summed E-state index contributed by atoms with van der Waals surface area (Å²) in [5.74, 6) is -1.88. The molecule has 1 unspecified atom stereocenters. The van der Waals surface area contributed by atoms with E-state index in [1.165, 1.54) is 25.1 Å². The van der Waals surface area contributed by atoms with E-state index in [9.17, 15) is 14.4 Å². The van der Waals surface area contributed by atoms with Gasteiger partial charge in [-0.05, 0) is 0 Å². The maximum atomic E-state index is 12.4. The van der Waals surface area contributed by atoms with Crippen molar-refractivity contribution in [3.8, 4) is 5.75 Å². The van der Waals surface area contributed by atoms with E-state index in [1.807, 2.05) is 0 Å². The predicted octanol–water partition coefficient (Wildman–Crippen LogP) is -0.644. The topological polar surface area (TPSA) is 166 Å². The zero-order valence-electron chi connectivity index (χ0n) is 15.0. The Kier molecular flexibility index (Phi) is 12.5. The Morgan fingerprint density at radius 2 is 2.00 bits per heavy atom. The maximum absolute atomic E-state index is 12.4. The molecule has 0 spiro atoms. The monoisotopic (exact) mass is 573 g/mol. The number of aliphatic hydroxyl groups excluding tert-OH is 1. The molecular weight excluding hydrogens is 549 g/mol. The van der Waals surface area contributed by atoms with Crippen LogP contribution < -0.4 is 15.4 Å². The van der Waals surface area contributed by atoms with Gasteiger partial charge in [-0.15, -0.1) is 0 Å². The number of aliphatic carboxylic acids is 1. The van der Waals surface area contributed by atoms with E-state index in [1.54, 1.807) is 0 Å². The summed E-state index contributed by atoms with van der Waals surface area (Å²) in [5, 5.41) is 22.9. The molecule has 1 aromatic rings. The molecule has 1 aromatic carbocycles. The van der Waals surface area contributed by atoms with Crippen molar-refractivity contribution in [1.29, 1.82) is 0 Å². The SMILES string of the molecule is CC(=O)Nc1ccc(C(=O)NCC([CH2][Hg])OCCO)c(OCC(=O)O)c1.O.